The zero-order chi connectivity index (χ0) is 17.3. The number of ether oxygens (including phenoxy) is 1. The molecule has 0 aliphatic carbocycles. The highest BCUT2D eigenvalue weighted by Crippen LogP contribution is 2.27. The lowest BCUT2D eigenvalue weighted by molar-refractivity contribution is -0.00301. The fourth-order valence-corrected chi connectivity index (χ4v) is 3.16. The first-order valence-corrected chi connectivity index (χ1v) is 8.11. The molecule has 1 saturated heterocycles. The molecule has 1 aromatic carbocycles. The molecule has 0 unspecified atom stereocenters. The molecule has 1 amide bonds. The third kappa shape index (κ3) is 3.33. The van der Waals surface area contributed by atoms with E-state index in [1.54, 1.807) is 38.5 Å². The van der Waals surface area contributed by atoms with Crippen LogP contribution in [0.15, 0.2) is 24.7 Å². The molecule has 2 atom stereocenters. The number of amides is 1. The molecule has 2 heterocycles. The van der Waals surface area contributed by atoms with Crippen LogP contribution in [0, 0.1) is 19.7 Å². The van der Waals surface area contributed by atoms with Crippen LogP contribution in [-0.4, -0.2) is 28.1 Å². The van der Waals surface area contributed by atoms with Gasteiger partial charge in [-0.3, -0.25) is 4.79 Å². The highest BCUT2D eigenvalue weighted by Gasteiger charge is 2.27. The van der Waals surface area contributed by atoms with Crippen LogP contribution in [0.3, 0.4) is 0 Å². The van der Waals surface area contributed by atoms with Crippen molar-refractivity contribution >= 4 is 5.91 Å². The van der Waals surface area contributed by atoms with Gasteiger partial charge in [-0.05, 0) is 49.9 Å². The largest absolute Gasteiger partial charge is 0.372 e. The molecule has 24 heavy (non-hydrogen) atoms. The van der Waals surface area contributed by atoms with Crippen molar-refractivity contribution in [2.75, 3.05) is 6.61 Å². The van der Waals surface area contributed by atoms with E-state index >= 15 is 0 Å². The number of hydrogen-bond donors (Lipinski definition) is 1. The topological polar surface area (TPSA) is 56.1 Å². The van der Waals surface area contributed by atoms with Gasteiger partial charge in [-0.25, -0.2) is 9.37 Å². The van der Waals surface area contributed by atoms with E-state index in [9.17, 15) is 9.18 Å². The monoisotopic (exact) mass is 331 g/mol. The number of rotatable bonds is 3. The van der Waals surface area contributed by atoms with Gasteiger partial charge in [0.2, 0.25) is 0 Å². The fraction of sp³-hybridized carbons (Fsp3) is 0.444. The summed E-state index contributed by atoms with van der Waals surface area (Å²) in [5.41, 5.74) is 2.47. The lowest BCUT2D eigenvalue weighted by atomic mass is 10.00. The van der Waals surface area contributed by atoms with Crippen molar-refractivity contribution in [2.24, 2.45) is 7.05 Å². The number of aryl methyl sites for hydroxylation is 3. The van der Waals surface area contributed by atoms with Gasteiger partial charge in [0, 0.05) is 25.3 Å². The van der Waals surface area contributed by atoms with E-state index in [2.05, 4.69) is 10.3 Å². The van der Waals surface area contributed by atoms with Gasteiger partial charge in [-0.2, -0.15) is 0 Å². The summed E-state index contributed by atoms with van der Waals surface area (Å²) in [4.78, 5) is 16.6. The number of aromatic nitrogens is 2. The van der Waals surface area contributed by atoms with Gasteiger partial charge in [0.05, 0.1) is 18.2 Å². The van der Waals surface area contributed by atoms with Crippen LogP contribution in [0.4, 0.5) is 4.39 Å². The van der Waals surface area contributed by atoms with Crippen LogP contribution in [-0.2, 0) is 11.8 Å². The van der Waals surface area contributed by atoms with Crippen molar-refractivity contribution in [3.8, 4) is 0 Å². The molecule has 1 fully saturated rings. The number of nitrogens with zero attached hydrogens (tertiary/aromatic N) is 2. The summed E-state index contributed by atoms with van der Waals surface area (Å²) in [6, 6.07) is 3.21. The number of nitrogens with one attached hydrogen (secondary N) is 1. The molecule has 5 nitrogen and oxygen atoms in total. The predicted molar refractivity (Wildman–Crippen MR) is 88.3 cm³/mol. The van der Waals surface area contributed by atoms with Gasteiger partial charge in [0.15, 0.2) is 0 Å². The minimum absolute atomic E-state index is 0.0248. The van der Waals surface area contributed by atoms with Gasteiger partial charge < -0.3 is 14.6 Å². The molecule has 6 heteroatoms. The first kappa shape index (κ1) is 16.6. The molecule has 128 valence electrons. The average Bonchev–Trinajstić information content (AvgIpc) is 2.98. The quantitative estimate of drug-likeness (QED) is 0.941. The average molecular weight is 331 g/mol. The van der Waals surface area contributed by atoms with Gasteiger partial charge in [-0.15, -0.1) is 0 Å². The smallest absolute Gasteiger partial charge is 0.251 e. The Bertz CT molecular complexity index is 733. The number of carbonyl (C=O) groups is 1. The Balaban J connectivity index is 1.69. The van der Waals surface area contributed by atoms with Crippen LogP contribution >= 0.6 is 0 Å². The zero-order valence-corrected chi connectivity index (χ0v) is 14.2. The standard InChI is InChI=1S/C18H22FN3O2/c1-11-6-13(7-12(2)17(11)19)18(23)21-14-4-5-24-16(8-14)15-9-20-10-22(15)3/h6-7,9-10,14,16H,4-5,8H2,1-3H3,(H,21,23)/t14-,16+/m0/s1. The highest BCUT2D eigenvalue weighted by molar-refractivity contribution is 5.94. The van der Waals surface area contributed by atoms with Crippen LogP contribution in [0.25, 0.3) is 0 Å². The highest BCUT2D eigenvalue weighted by atomic mass is 19.1. The maximum atomic E-state index is 13.7. The van der Waals surface area contributed by atoms with E-state index in [1.165, 1.54) is 0 Å². The van der Waals surface area contributed by atoms with Crippen molar-refractivity contribution in [1.29, 1.82) is 0 Å². The maximum Gasteiger partial charge on any atom is 0.251 e. The van der Waals surface area contributed by atoms with Gasteiger partial charge in [-0.1, -0.05) is 0 Å². The van der Waals surface area contributed by atoms with E-state index in [0.29, 0.717) is 29.7 Å². The molecule has 1 aliphatic rings. The van der Waals surface area contributed by atoms with Crippen LogP contribution in [0.5, 0.6) is 0 Å². The molecule has 1 aromatic heterocycles. The molecule has 0 bridgehead atoms. The van der Waals surface area contributed by atoms with Crippen molar-refractivity contribution in [1.82, 2.24) is 14.9 Å². The minimum Gasteiger partial charge on any atom is -0.372 e. The summed E-state index contributed by atoms with van der Waals surface area (Å²) in [5.74, 6) is -0.425. The number of carbonyl (C=O) groups excluding carboxylic acids is 1. The SMILES string of the molecule is Cc1cc(C(=O)N[C@H]2CCO[C@@H](c3cncn3C)C2)cc(C)c1F. The molecule has 1 N–H and O–H groups in total. The summed E-state index contributed by atoms with van der Waals surface area (Å²) in [7, 11) is 1.93. The Kier molecular flexibility index (Phi) is 4.66. The third-order valence-electron chi connectivity index (χ3n) is 4.50. The van der Waals surface area contributed by atoms with E-state index < -0.39 is 0 Å². The Hall–Kier alpha value is -2.21. The predicted octanol–water partition coefficient (Wildman–Crippen LogP) is 2.83. The zero-order valence-electron chi connectivity index (χ0n) is 14.2. The van der Waals surface area contributed by atoms with Crippen LogP contribution in [0.2, 0.25) is 0 Å². The molecular formula is C18H22FN3O2. The van der Waals surface area contributed by atoms with E-state index in [-0.39, 0.29) is 23.9 Å². The molecular weight excluding hydrogens is 309 g/mol. The molecule has 1 aliphatic heterocycles. The third-order valence-corrected chi connectivity index (χ3v) is 4.50. The van der Waals surface area contributed by atoms with Gasteiger partial charge in [0.25, 0.3) is 5.91 Å². The lowest BCUT2D eigenvalue weighted by Gasteiger charge is -2.30. The van der Waals surface area contributed by atoms with Crippen molar-refractivity contribution in [2.45, 2.75) is 38.8 Å². The Labute approximate surface area is 140 Å². The first-order chi connectivity index (χ1) is 11.5. The molecule has 2 aromatic rings. The number of hydrogen-bond acceptors (Lipinski definition) is 3. The lowest BCUT2D eigenvalue weighted by Crippen LogP contribution is -2.40. The summed E-state index contributed by atoms with van der Waals surface area (Å²) in [6.07, 6.45) is 4.92. The number of halogens is 1. The molecule has 0 spiro atoms. The second-order valence-corrected chi connectivity index (χ2v) is 6.41. The first-order valence-electron chi connectivity index (χ1n) is 8.11. The summed E-state index contributed by atoms with van der Waals surface area (Å²) in [6.45, 7) is 3.93. The minimum atomic E-state index is -0.256. The summed E-state index contributed by atoms with van der Waals surface area (Å²) < 4.78 is 21.5. The summed E-state index contributed by atoms with van der Waals surface area (Å²) in [5, 5.41) is 3.05. The Morgan fingerprint density at radius 3 is 2.71 bits per heavy atom. The molecule has 3 rings (SSSR count). The summed E-state index contributed by atoms with van der Waals surface area (Å²) >= 11 is 0. The second kappa shape index (κ2) is 6.73. The van der Waals surface area contributed by atoms with Gasteiger partial charge in [0.1, 0.15) is 11.9 Å². The molecule has 0 radical (unpaired) electrons. The van der Waals surface area contributed by atoms with Crippen LogP contribution in [0.1, 0.15) is 46.1 Å². The van der Waals surface area contributed by atoms with Crippen LogP contribution < -0.4 is 5.32 Å². The van der Waals surface area contributed by atoms with E-state index in [1.807, 2.05) is 11.6 Å². The van der Waals surface area contributed by atoms with E-state index in [0.717, 1.165) is 12.1 Å². The van der Waals surface area contributed by atoms with Crippen molar-refractivity contribution in [3.63, 3.8) is 0 Å². The van der Waals surface area contributed by atoms with Crippen molar-refractivity contribution in [3.05, 3.63) is 52.9 Å². The van der Waals surface area contributed by atoms with E-state index in [4.69, 9.17) is 4.74 Å². The normalized spacial score (nSPS) is 20.8. The van der Waals surface area contributed by atoms with Crippen molar-refractivity contribution < 1.29 is 13.9 Å². The number of imidazole rings is 1. The fourth-order valence-electron chi connectivity index (χ4n) is 3.16. The second-order valence-electron chi connectivity index (χ2n) is 6.41. The Morgan fingerprint density at radius 1 is 1.38 bits per heavy atom. The Morgan fingerprint density at radius 2 is 2.08 bits per heavy atom. The van der Waals surface area contributed by atoms with Gasteiger partial charge >= 0.3 is 0 Å². The molecule has 0 saturated carbocycles. The number of benzene rings is 1. The maximum absolute atomic E-state index is 13.7.